The van der Waals surface area contributed by atoms with E-state index in [2.05, 4.69) is 10.0 Å². The lowest BCUT2D eigenvalue weighted by atomic mass is 9.97. The van der Waals surface area contributed by atoms with Crippen LogP contribution < -0.4 is 14.8 Å². The van der Waals surface area contributed by atoms with Crippen LogP contribution in [0.15, 0.2) is 77.7 Å². The molecule has 2 N–H and O–H groups in total. The van der Waals surface area contributed by atoms with Crippen LogP contribution in [0.3, 0.4) is 0 Å². The molecule has 0 unspecified atom stereocenters. The summed E-state index contributed by atoms with van der Waals surface area (Å²) in [6, 6.07) is 17.7. The Morgan fingerprint density at radius 3 is 2.31 bits per heavy atom. The highest BCUT2D eigenvalue weighted by molar-refractivity contribution is 7.89. The molecule has 0 fully saturated rings. The number of carbonyl (C=O) groups excluding carboxylic acids is 2. The Bertz CT molecular complexity index is 1280. The average molecular weight is 499 g/mol. The number of benzene rings is 3. The first kappa shape index (κ1) is 26.1. The van der Waals surface area contributed by atoms with Crippen LogP contribution in [-0.4, -0.2) is 39.8 Å². The predicted molar refractivity (Wildman–Crippen MR) is 130 cm³/mol. The first-order valence-electron chi connectivity index (χ1n) is 11.0. The van der Waals surface area contributed by atoms with Gasteiger partial charge in [-0.05, 0) is 42.3 Å². The van der Waals surface area contributed by atoms with E-state index in [9.17, 15) is 22.4 Å². The van der Waals surface area contributed by atoms with Crippen molar-refractivity contribution in [3.8, 4) is 5.75 Å². The van der Waals surface area contributed by atoms with Gasteiger partial charge < -0.3 is 10.1 Å². The third-order valence-electron chi connectivity index (χ3n) is 5.35. The first-order valence-corrected chi connectivity index (χ1v) is 12.5. The maximum absolute atomic E-state index is 13.3. The van der Waals surface area contributed by atoms with E-state index >= 15 is 0 Å². The Labute approximate surface area is 204 Å². The summed E-state index contributed by atoms with van der Waals surface area (Å²) in [5, 5.41) is 2.75. The van der Waals surface area contributed by atoms with Crippen LogP contribution in [0.2, 0.25) is 0 Å². The van der Waals surface area contributed by atoms with E-state index in [1.54, 1.807) is 6.92 Å². The molecule has 35 heavy (non-hydrogen) atoms. The molecule has 0 aromatic heterocycles. The van der Waals surface area contributed by atoms with Crippen LogP contribution in [-0.2, 0) is 27.7 Å². The summed E-state index contributed by atoms with van der Waals surface area (Å²) < 4.78 is 45.7. The summed E-state index contributed by atoms with van der Waals surface area (Å²) in [6.45, 7) is 1.91. The normalized spacial score (nSPS) is 12.1. The number of methoxy groups -OCH3 is 1. The van der Waals surface area contributed by atoms with Crippen molar-refractivity contribution in [2.75, 3.05) is 13.7 Å². The number of hydrogen-bond donors (Lipinski definition) is 2. The van der Waals surface area contributed by atoms with Gasteiger partial charge in [0.2, 0.25) is 10.0 Å². The van der Waals surface area contributed by atoms with Gasteiger partial charge >= 0.3 is 0 Å². The summed E-state index contributed by atoms with van der Waals surface area (Å²) in [7, 11) is -2.30. The van der Waals surface area contributed by atoms with Crippen molar-refractivity contribution in [3.05, 3.63) is 95.3 Å². The van der Waals surface area contributed by atoms with Crippen molar-refractivity contribution in [1.82, 2.24) is 10.0 Å². The Morgan fingerprint density at radius 2 is 1.69 bits per heavy atom. The van der Waals surface area contributed by atoms with Crippen LogP contribution in [0.25, 0.3) is 0 Å². The molecule has 3 aromatic rings. The molecule has 0 aliphatic heterocycles. The van der Waals surface area contributed by atoms with Crippen molar-refractivity contribution >= 4 is 21.7 Å². The molecular formula is C26H27FN2O5S. The molecule has 0 saturated carbocycles. The fourth-order valence-electron chi connectivity index (χ4n) is 3.56. The summed E-state index contributed by atoms with van der Waals surface area (Å²) in [5.41, 5.74) is 1.57. The van der Waals surface area contributed by atoms with Crippen molar-refractivity contribution in [3.63, 3.8) is 0 Å². The smallest absolute Gasteiger partial charge is 0.251 e. The van der Waals surface area contributed by atoms with Gasteiger partial charge in [-0.1, -0.05) is 43.3 Å². The molecule has 3 aromatic carbocycles. The lowest BCUT2D eigenvalue weighted by Crippen LogP contribution is -2.43. The lowest BCUT2D eigenvalue weighted by molar-refractivity contribution is -0.120. The maximum atomic E-state index is 13.3. The number of amides is 1. The molecule has 0 spiro atoms. The molecular weight excluding hydrogens is 471 g/mol. The first-order chi connectivity index (χ1) is 16.7. The van der Waals surface area contributed by atoms with Gasteiger partial charge in [0.1, 0.15) is 11.6 Å². The highest BCUT2D eigenvalue weighted by atomic mass is 32.2. The van der Waals surface area contributed by atoms with Gasteiger partial charge in [-0.3, -0.25) is 9.59 Å². The molecule has 0 bridgehead atoms. The predicted octanol–water partition coefficient (Wildman–Crippen LogP) is 3.29. The van der Waals surface area contributed by atoms with E-state index in [4.69, 9.17) is 4.74 Å². The van der Waals surface area contributed by atoms with Crippen molar-refractivity contribution in [2.45, 2.75) is 30.7 Å². The van der Waals surface area contributed by atoms with Gasteiger partial charge in [0, 0.05) is 30.2 Å². The van der Waals surface area contributed by atoms with Gasteiger partial charge in [0.05, 0.1) is 18.0 Å². The number of ether oxygens (including phenoxy) is 1. The van der Waals surface area contributed by atoms with Crippen LogP contribution in [0.1, 0.15) is 28.4 Å². The van der Waals surface area contributed by atoms with E-state index in [-0.39, 0.29) is 41.4 Å². The zero-order valence-corrected chi connectivity index (χ0v) is 20.3. The number of rotatable bonds is 11. The topological polar surface area (TPSA) is 102 Å². The lowest BCUT2D eigenvalue weighted by Gasteiger charge is -2.19. The van der Waals surface area contributed by atoms with Gasteiger partial charge in [-0.15, -0.1) is 0 Å². The molecule has 1 atom stereocenters. The Kier molecular flexibility index (Phi) is 8.73. The standard InChI is InChI=1S/C26H27FN2O5S/c1-3-28-35(32,33)22-14-11-20(25(17-22)34-2)16-24(30)23(15-18-7-5-4-6-8-18)29-26(31)19-9-12-21(27)13-10-19/h4-14,17,23,28H,3,15-16H2,1-2H3,(H,29,31)/t23-/m0/s1. The van der Waals surface area contributed by atoms with E-state index in [0.717, 1.165) is 5.56 Å². The van der Waals surface area contributed by atoms with Crippen LogP contribution in [0.4, 0.5) is 4.39 Å². The number of nitrogens with one attached hydrogen (secondary N) is 2. The zero-order valence-electron chi connectivity index (χ0n) is 19.5. The summed E-state index contributed by atoms with van der Waals surface area (Å²) in [5.74, 6) is -1.01. The molecule has 1 amide bonds. The zero-order chi connectivity index (χ0) is 25.4. The number of hydrogen-bond acceptors (Lipinski definition) is 5. The second-order valence-electron chi connectivity index (χ2n) is 7.84. The van der Waals surface area contributed by atoms with Gasteiger partial charge in [0.15, 0.2) is 5.78 Å². The minimum atomic E-state index is -3.69. The van der Waals surface area contributed by atoms with Crippen LogP contribution in [0.5, 0.6) is 5.75 Å². The number of Topliss-reactive ketones (excluding diaryl/α,β-unsaturated/α-hetero) is 1. The monoisotopic (exact) mass is 498 g/mol. The Hall–Kier alpha value is -3.56. The Balaban J connectivity index is 1.85. The molecule has 0 radical (unpaired) electrons. The molecule has 3 rings (SSSR count). The highest BCUT2D eigenvalue weighted by Gasteiger charge is 2.24. The third kappa shape index (κ3) is 6.97. The summed E-state index contributed by atoms with van der Waals surface area (Å²) >= 11 is 0. The third-order valence-corrected chi connectivity index (χ3v) is 6.89. The number of ketones is 1. The van der Waals surface area contributed by atoms with Gasteiger partial charge in [-0.2, -0.15) is 0 Å². The molecule has 0 aliphatic rings. The minimum absolute atomic E-state index is 0.0258. The SMILES string of the molecule is CCNS(=O)(=O)c1ccc(CC(=O)[C@H](Cc2ccccc2)NC(=O)c2ccc(F)cc2)c(OC)c1. The molecule has 0 heterocycles. The summed E-state index contributed by atoms with van der Waals surface area (Å²) in [6.07, 6.45) is 0.160. The minimum Gasteiger partial charge on any atom is -0.496 e. The molecule has 0 aliphatic carbocycles. The Morgan fingerprint density at radius 1 is 1.00 bits per heavy atom. The van der Waals surface area contributed by atoms with E-state index in [1.165, 1.54) is 49.6 Å². The highest BCUT2D eigenvalue weighted by Crippen LogP contribution is 2.24. The van der Waals surface area contributed by atoms with E-state index < -0.39 is 27.8 Å². The second kappa shape index (κ2) is 11.7. The average Bonchev–Trinajstić information content (AvgIpc) is 2.84. The van der Waals surface area contributed by atoms with E-state index in [1.807, 2.05) is 30.3 Å². The summed E-state index contributed by atoms with van der Waals surface area (Å²) in [4.78, 5) is 26.1. The molecule has 7 nitrogen and oxygen atoms in total. The van der Waals surface area contributed by atoms with Crippen molar-refractivity contribution in [2.24, 2.45) is 0 Å². The van der Waals surface area contributed by atoms with Crippen molar-refractivity contribution < 1.29 is 27.1 Å². The fraction of sp³-hybridized carbons (Fsp3) is 0.231. The molecule has 9 heteroatoms. The van der Waals surface area contributed by atoms with Crippen LogP contribution >= 0.6 is 0 Å². The van der Waals surface area contributed by atoms with Gasteiger partial charge in [-0.25, -0.2) is 17.5 Å². The fourth-order valence-corrected chi connectivity index (χ4v) is 4.62. The van der Waals surface area contributed by atoms with Crippen molar-refractivity contribution in [1.29, 1.82) is 0 Å². The van der Waals surface area contributed by atoms with Crippen LogP contribution in [0, 0.1) is 5.82 Å². The maximum Gasteiger partial charge on any atom is 0.251 e. The molecule has 0 saturated heterocycles. The largest absolute Gasteiger partial charge is 0.496 e. The quantitative estimate of drug-likeness (QED) is 0.423. The molecule has 184 valence electrons. The van der Waals surface area contributed by atoms with E-state index in [0.29, 0.717) is 5.56 Å². The number of halogens is 1. The number of carbonyl (C=O) groups is 2. The van der Waals surface area contributed by atoms with Gasteiger partial charge in [0.25, 0.3) is 5.91 Å². The number of sulfonamides is 1. The second-order valence-corrected chi connectivity index (χ2v) is 9.61.